The maximum atomic E-state index is 13.3. The Bertz CT molecular complexity index is 1700. The number of anilines is 1. The minimum Gasteiger partial charge on any atom is -0.491 e. The molecule has 3 aromatic rings. The van der Waals surface area contributed by atoms with E-state index in [2.05, 4.69) is 27.3 Å². The van der Waals surface area contributed by atoms with Crippen LogP contribution >= 0.6 is 0 Å². The molecule has 0 bridgehead atoms. The number of aliphatic imine (C=N–C) groups is 1. The third-order valence-electron chi connectivity index (χ3n) is 9.07. The summed E-state index contributed by atoms with van der Waals surface area (Å²) in [6.07, 6.45) is 5.95. The van der Waals surface area contributed by atoms with Gasteiger partial charge in [0.15, 0.2) is 0 Å². The number of hydrogen-bond donors (Lipinski definition) is 3. The van der Waals surface area contributed by atoms with Gasteiger partial charge >= 0.3 is 0 Å². The van der Waals surface area contributed by atoms with Gasteiger partial charge in [-0.2, -0.15) is 0 Å². The number of imide groups is 1. The number of rotatable bonds is 8. The predicted molar refractivity (Wildman–Crippen MR) is 163 cm³/mol. The number of piperidine rings is 1. The molecule has 1 aliphatic carbocycles. The molecule has 4 heterocycles. The maximum absolute atomic E-state index is 13.3. The van der Waals surface area contributed by atoms with Crippen LogP contribution in [0.2, 0.25) is 0 Å². The van der Waals surface area contributed by atoms with Crippen LogP contribution in [-0.2, 0) is 19.3 Å². The summed E-state index contributed by atoms with van der Waals surface area (Å²) >= 11 is 0. The summed E-state index contributed by atoms with van der Waals surface area (Å²) in [4.78, 5) is 50.8. The van der Waals surface area contributed by atoms with E-state index in [9.17, 15) is 19.5 Å². The molecule has 7 rings (SSSR count). The Kier molecular flexibility index (Phi) is 7.10. The lowest BCUT2D eigenvalue weighted by Gasteiger charge is -2.33. The molecule has 1 fully saturated rings. The number of ether oxygens (including phenoxy) is 1. The van der Waals surface area contributed by atoms with E-state index < -0.39 is 6.10 Å². The molecule has 1 aromatic heterocycles. The fraction of sp³-hybridized carbons (Fsp3) is 0.394. The van der Waals surface area contributed by atoms with E-state index in [1.807, 2.05) is 13.1 Å². The number of carbonyl (C=O) groups excluding carboxylic acids is 2. The van der Waals surface area contributed by atoms with E-state index in [1.165, 1.54) is 16.0 Å². The Balaban J connectivity index is 1.05. The monoisotopic (exact) mass is 581 g/mol. The Morgan fingerprint density at radius 1 is 1.02 bits per heavy atom. The lowest BCUT2D eigenvalue weighted by molar-refractivity contribution is 0.0516. The molecule has 43 heavy (non-hydrogen) atoms. The first-order valence-corrected chi connectivity index (χ1v) is 15.0. The molecule has 1 unspecified atom stereocenters. The summed E-state index contributed by atoms with van der Waals surface area (Å²) < 4.78 is 5.84. The number of likely N-dealkylation sites (tertiary alicyclic amines) is 1. The largest absolute Gasteiger partial charge is 0.491 e. The summed E-state index contributed by atoms with van der Waals surface area (Å²) in [6, 6.07) is 11.2. The van der Waals surface area contributed by atoms with Crippen LogP contribution in [0.5, 0.6) is 5.75 Å². The van der Waals surface area contributed by atoms with Crippen molar-refractivity contribution in [2.24, 2.45) is 4.99 Å². The first-order chi connectivity index (χ1) is 20.9. The van der Waals surface area contributed by atoms with Gasteiger partial charge in [-0.1, -0.05) is 6.07 Å². The second-order valence-corrected chi connectivity index (χ2v) is 12.0. The topological polar surface area (TPSA) is 127 Å². The average Bonchev–Trinajstić information content (AvgIpc) is 3.70. The Labute approximate surface area is 249 Å². The van der Waals surface area contributed by atoms with E-state index in [0.717, 1.165) is 56.5 Å². The fourth-order valence-electron chi connectivity index (χ4n) is 6.71. The van der Waals surface area contributed by atoms with Gasteiger partial charge in [-0.05, 0) is 99.3 Å². The molecule has 0 spiro atoms. The molecule has 0 radical (unpaired) electrons. The molecule has 1 atom stereocenters. The van der Waals surface area contributed by atoms with Crippen molar-refractivity contribution in [2.45, 2.75) is 50.7 Å². The van der Waals surface area contributed by atoms with Gasteiger partial charge in [-0.15, -0.1) is 0 Å². The lowest BCUT2D eigenvalue weighted by Crippen LogP contribution is -2.46. The van der Waals surface area contributed by atoms with Gasteiger partial charge in [0.05, 0.1) is 33.8 Å². The smallest absolute Gasteiger partial charge is 0.261 e. The number of nitrogens with zero attached hydrogens (tertiary/aromatic N) is 3. The Morgan fingerprint density at radius 2 is 1.79 bits per heavy atom. The second-order valence-electron chi connectivity index (χ2n) is 12.0. The van der Waals surface area contributed by atoms with Crippen molar-refractivity contribution in [3.8, 4) is 5.75 Å². The maximum Gasteiger partial charge on any atom is 0.261 e. The van der Waals surface area contributed by atoms with Crippen molar-refractivity contribution >= 4 is 28.9 Å². The molecule has 0 saturated carbocycles. The normalized spacial score (nSPS) is 18.8. The van der Waals surface area contributed by atoms with Gasteiger partial charge < -0.3 is 25.0 Å². The predicted octanol–water partition coefficient (Wildman–Crippen LogP) is 3.08. The molecule has 4 aliphatic rings. The number of aromatic amines is 1. The first kappa shape index (κ1) is 27.5. The van der Waals surface area contributed by atoms with E-state index >= 15 is 0 Å². The number of aliphatic hydroxyl groups is 1. The van der Waals surface area contributed by atoms with Crippen LogP contribution in [0.4, 0.5) is 11.4 Å². The van der Waals surface area contributed by atoms with Crippen LogP contribution in [0.3, 0.4) is 0 Å². The lowest BCUT2D eigenvalue weighted by atomic mass is 10.00. The van der Waals surface area contributed by atoms with Crippen LogP contribution in [0.25, 0.3) is 0 Å². The third kappa shape index (κ3) is 5.14. The number of pyridine rings is 1. The average molecular weight is 582 g/mol. The molecule has 10 heteroatoms. The number of H-pyrrole nitrogens is 1. The van der Waals surface area contributed by atoms with Crippen molar-refractivity contribution in [3.63, 3.8) is 0 Å². The summed E-state index contributed by atoms with van der Waals surface area (Å²) in [5.41, 5.74) is 6.00. The summed E-state index contributed by atoms with van der Waals surface area (Å²) in [5.74, 6) is 0.228. The highest BCUT2D eigenvalue weighted by molar-refractivity contribution is 6.22. The summed E-state index contributed by atoms with van der Waals surface area (Å²) in [6.45, 7) is 1.98. The molecule has 2 amide bonds. The molecule has 10 nitrogen and oxygen atoms in total. The van der Waals surface area contributed by atoms with E-state index in [1.54, 1.807) is 24.4 Å². The number of hydrogen-bond acceptors (Lipinski definition) is 8. The zero-order chi connectivity index (χ0) is 29.7. The molecule has 2 aromatic carbocycles. The summed E-state index contributed by atoms with van der Waals surface area (Å²) in [7, 11) is 2.05. The van der Waals surface area contributed by atoms with Gasteiger partial charge in [-0.3, -0.25) is 24.3 Å². The van der Waals surface area contributed by atoms with Crippen molar-refractivity contribution in [3.05, 3.63) is 86.3 Å². The number of aryl methyl sites for hydroxylation is 2. The Morgan fingerprint density at radius 3 is 2.60 bits per heavy atom. The SMILES string of the molecule is CN1CCC(N2C(=O)c3cc4c(cc3C2=O)N=C(c2c(NCC(O)COc3ccc5c(c3)CCC5)cc[nH]c2=O)C4)CC1. The number of fused-ring (bicyclic) bond motifs is 3. The standard InChI is InChI=1S/C33H35N5O5/c1-37-11-8-22(9-12-37)38-32(41)25-14-21-15-29(36-28(21)16-26(25)33(38)42)30-27(7-10-34-31(30)40)35-17-23(39)18-43-24-6-5-19-3-2-4-20(19)13-24/h5-7,10,13-14,16,22-23,39H,2-4,8-9,11-12,15,17-18H2,1H3,(H2,34,35,40). The quantitative estimate of drug-likeness (QED) is 0.349. The number of aliphatic hydroxyl groups excluding tert-OH is 1. The third-order valence-corrected chi connectivity index (χ3v) is 9.07. The highest BCUT2D eigenvalue weighted by Gasteiger charge is 2.42. The Hall–Kier alpha value is -4.28. The number of benzene rings is 2. The van der Waals surface area contributed by atoms with E-state index in [0.29, 0.717) is 40.2 Å². The number of carbonyl (C=O) groups is 2. The van der Waals surface area contributed by atoms with Crippen LogP contribution in [0.15, 0.2) is 52.4 Å². The molecule has 3 N–H and O–H groups in total. The van der Waals surface area contributed by atoms with Crippen molar-refractivity contribution in [1.82, 2.24) is 14.8 Å². The highest BCUT2D eigenvalue weighted by Crippen LogP contribution is 2.37. The van der Waals surface area contributed by atoms with Gasteiger partial charge in [-0.25, -0.2) is 0 Å². The van der Waals surface area contributed by atoms with Gasteiger partial charge in [0.25, 0.3) is 17.4 Å². The molecule has 1 saturated heterocycles. The number of aromatic nitrogens is 1. The fourth-order valence-corrected chi connectivity index (χ4v) is 6.71. The minimum atomic E-state index is -0.810. The molecule has 3 aliphatic heterocycles. The van der Waals surface area contributed by atoms with Gasteiger partial charge in [0, 0.05) is 25.2 Å². The summed E-state index contributed by atoms with van der Waals surface area (Å²) in [5, 5.41) is 13.8. The van der Waals surface area contributed by atoms with Crippen molar-refractivity contribution in [1.29, 1.82) is 0 Å². The van der Waals surface area contributed by atoms with Crippen LogP contribution in [-0.4, -0.2) is 82.9 Å². The van der Waals surface area contributed by atoms with Crippen LogP contribution in [0.1, 0.15) is 62.2 Å². The molecular formula is C33H35N5O5. The zero-order valence-corrected chi connectivity index (χ0v) is 24.2. The molecular weight excluding hydrogens is 546 g/mol. The van der Waals surface area contributed by atoms with Crippen LogP contribution < -0.4 is 15.6 Å². The van der Waals surface area contributed by atoms with Crippen molar-refractivity contribution in [2.75, 3.05) is 38.6 Å². The molecule has 222 valence electrons. The number of nitrogens with one attached hydrogen (secondary N) is 2. The van der Waals surface area contributed by atoms with Crippen LogP contribution in [0, 0.1) is 0 Å². The van der Waals surface area contributed by atoms with Gasteiger partial charge in [0.2, 0.25) is 0 Å². The first-order valence-electron chi connectivity index (χ1n) is 15.0. The van der Waals surface area contributed by atoms with E-state index in [4.69, 9.17) is 9.73 Å². The van der Waals surface area contributed by atoms with E-state index in [-0.39, 0.29) is 36.6 Å². The minimum absolute atomic E-state index is 0.0943. The number of amides is 2. The highest BCUT2D eigenvalue weighted by atomic mass is 16.5. The second kappa shape index (κ2) is 11.1. The zero-order valence-electron chi connectivity index (χ0n) is 24.2. The van der Waals surface area contributed by atoms with Crippen molar-refractivity contribution < 1.29 is 19.4 Å². The van der Waals surface area contributed by atoms with Gasteiger partial charge in [0.1, 0.15) is 18.5 Å².